The van der Waals surface area contributed by atoms with E-state index < -0.39 is 0 Å². The molecule has 2 rings (SSSR count). The van der Waals surface area contributed by atoms with E-state index in [1.807, 2.05) is 31.2 Å². The van der Waals surface area contributed by atoms with Crippen molar-refractivity contribution in [3.05, 3.63) is 71.0 Å². The van der Waals surface area contributed by atoms with E-state index >= 15 is 0 Å². The molecule has 1 amide bonds. The second-order valence-corrected chi connectivity index (χ2v) is 5.18. The Morgan fingerprint density at radius 1 is 1.05 bits per heavy atom. The van der Waals surface area contributed by atoms with Crippen molar-refractivity contribution in [2.45, 2.75) is 26.2 Å². The predicted octanol–water partition coefficient (Wildman–Crippen LogP) is 3.43. The Morgan fingerprint density at radius 2 is 1.76 bits per heavy atom. The molecule has 0 bridgehead atoms. The van der Waals surface area contributed by atoms with Crippen LogP contribution < -0.4 is 5.32 Å². The Balaban J connectivity index is 1.70. The van der Waals surface area contributed by atoms with Crippen LogP contribution in [0, 0.1) is 12.7 Å². The van der Waals surface area contributed by atoms with Crippen LogP contribution in [0.3, 0.4) is 0 Å². The second-order valence-electron chi connectivity index (χ2n) is 5.18. The van der Waals surface area contributed by atoms with E-state index in [2.05, 4.69) is 5.32 Å². The van der Waals surface area contributed by atoms with Crippen molar-refractivity contribution in [1.29, 1.82) is 0 Å². The van der Waals surface area contributed by atoms with Gasteiger partial charge < -0.3 is 5.32 Å². The summed E-state index contributed by atoms with van der Waals surface area (Å²) in [7, 11) is 0. The van der Waals surface area contributed by atoms with E-state index in [0.717, 1.165) is 12.0 Å². The molecule has 2 aromatic rings. The molecule has 0 aliphatic heterocycles. The fraction of sp³-hybridized carbons (Fsp3) is 0.278. The van der Waals surface area contributed by atoms with Crippen LogP contribution in [0.5, 0.6) is 0 Å². The normalized spacial score (nSPS) is 10.4. The molecule has 1 N–H and O–H groups in total. The van der Waals surface area contributed by atoms with Crippen LogP contribution in [0.15, 0.2) is 48.5 Å². The number of carbonyl (C=O) groups is 1. The lowest BCUT2D eigenvalue weighted by molar-refractivity contribution is -0.121. The SMILES string of the molecule is Cc1ccc(CCC(=O)NCCc2ccccc2F)cc1. The van der Waals surface area contributed by atoms with Crippen LogP contribution in [0.4, 0.5) is 4.39 Å². The lowest BCUT2D eigenvalue weighted by Gasteiger charge is -2.06. The average Bonchev–Trinajstić information content (AvgIpc) is 2.49. The number of hydrogen-bond acceptors (Lipinski definition) is 1. The smallest absolute Gasteiger partial charge is 0.220 e. The van der Waals surface area contributed by atoms with Crippen LogP contribution >= 0.6 is 0 Å². The van der Waals surface area contributed by atoms with Crippen LogP contribution in [0.1, 0.15) is 23.1 Å². The molecule has 0 aliphatic carbocycles. The first-order valence-corrected chi connectivity index (χ1v) is 7.21. The highest BCUT2D eigenvalue weighted by atomic mass is 19.1. The van der Waals surface area contributed by atoms with Gasteiger partial charge in [-0.15, -0.1) is 0 Å². The zero-order valence-electron chi connectivity index (χ0n) is 12.2. The predicted molar refractivity (Wildman–Crippen MR) is 82.6 cm³/mol. The van der Waals surface area contributed by atoms with Crippen LogP contribution in [-0.4, -0.2) is 12.5 Å². The zero-order valence-corrected chi connectivity index (χ0v) is 12.2. The molecule has 21 heavy (non-hydrogen) atoms. The van der Waals surface area contributed by atoms with E-state index in [0.29, 0.717) is 24.9 Å². The molecular formula is C18H20FNO. The summed E-state index contributed by atoms with van der Waals surface area (Å²) in [6.07, 6.45) is 1.70. The van der Waals surface area contributed by atoms with Gasteiger partial charge in [0.25, 0.3) is 0 Å². The summed E-state index contributed by atoms with van der Waals surface area (Å²) in [5, 5.41) is 2.83. The monoisotopic (exact) mass is 285 g/mol. The molecule has 0 atom stereocenters. The van der Waals surface area contributed by atoms with Gasteiger partial charge in [-0.3, -0.25) is 4.79 Å². The van der Waals surface area contributed by atoms with Crippen molar-refractivity contribution in [3.63, 3.8) is 0 Å². The standard InChI is InChI=1S/C18H20FNO/c1-14-6-8-15(9-7-14)10-11-18(21)20-13-12-16-4-2-3-5-17(16)19/h2-9H,10-13H2,1H3,(H,20,21). The maximum atomic E-state index is 13.4. The highest BCUT2D eigenvalue weighted by Crippen LogP contribution is 2.07. The number of benzene rings is 2. The first-order chi connectivity index (χ1) is 10.1. The van der Waals surface area contributed by atoms with Crippen LogP contribution in [0.25, 0.3) is 0 Å². The van der Waals surface area contributed by atoms with Gasteiger partial charge in [0.05, 0.1) is 0 Å². The Kier molecular flexibility index (Phi) is 5.50. The van der Waals surface area contributed by atoms with Crippen molar-refractivity contribution < 1.29 is 9.18 Å². The van der Waals surface area contributed by atoms with Crippen molar-refractivity contribution in [2.24, 2.45) is 0 Å². The third-order valence-corrected chi connectivity index (χ3v) is 3.44. The summed E-state index contributed by atoms with van der Waals surface area (Å²) in [5.74, 6) is -0.210. The number of hydrogen-bond donors (Lipinski definition) is 1. The van der Waals surface area contributed by atoms with Gasteiger partial charge in [0.15, 0.2) is 0 Å². The van der Waals surface area contributed by atoms with Gasteiger partial charge in [0, 0.05) is 13.0 Å². The van der Waals surface area contributed by atoms with Gasteiger partial charge in [-0.2, -0.15) is 0 Å². The van der Waals surface area contributed by atoms with E-state index in [1.54, 1.807) is 18.2 Å². The molecule has 2 nitrogen and oxygen atoms in total. The number of aryl methyl sites for hydroxylation is 2. The molecule has 0 saturated heterocycles. The largest absolute Gasteiger partial charge is 0.356 e. The van der Waals surface area contributed by atoms with E-state index in [9.17, 15) is 9.18 Å². The number of amides is 1. The summed E-state index contributed by atoms with van der Waals surface area (Å²) in [6, 6.07) is 14.8. The minimum absolute atomic E-state index is 0.00640. The van der Waals surface area contributed by atoms with Crippen LogP contribution in [-0.2, 0) is 17.6 Å². The number of carbonyl (C=O) groups excluding carboxylic acids is 1. The Labute approximate surface area is 125 Å². The molecule has 2 aromatic carbocycles. The zero-order chi connectivity index (χ0) is 15.1. The molecule has 0 heterocycles. The minimum atomic E-state index is -0.216. The van der Waals surface area contributed by atoms with Gasteiger partial charge in [-0.25, -0.2) is 4.39 Å². The van der Waals surface area contributed by atoms with Crippen molar-refractivity contribution >= 4 is 5.91 Å². The van der Waals surface area contributed by atoms with Crippen molar-refractivity contribution in [2.75, 3.05) is 6.54 Å². The highest BCUT2D eigenvalue weighted by Gasteiger charge is 2.04. The molecule has 0 aromatic heterocycles. The lowest BCUT2D eigenvalue weighted by Crippen LogP contribution is -2.26. The number of halogens is 1. The third-order valence-electron chi connectivity index (χ3n) is 3.44. The summed E-state index contributed by atoms with van der Waals surface area (Å²) in [6.45, 7) is 2.51. The van der Waals surface area contributed by atoms with Gasteiger partial charge in [0.2, 0.25) is 5.91 Å². The summed E-state index contributed by atoms with van der Waals surface area (Å²) in [5.41, 5.74) is 3.01. The fourth-order valence-corrected chi connectivity index (χ4v) is 2.14. The van der Waals surface area contributed by atoms with Crippen molar-refractivity contribution in [3.8, 4) is 0 Å². The van der Waals surface area contributed by atoms with Gasteiger partial charge in [-0.05, 0) is 37.0 Å². The topological polar surface area (TPSA) is 29.1 Å². The quantitative estimate of drug-likeness (QED) is 0.865. The molecule has 0 radical (unpaired) electrons. The molecule has 0 saturated carbocycles. The second kappa shape index (κ2) is 7.58. The minimum Gasteiger partial charge on any atom is -0.356 e. The maximum absolute atomic E-state index is 13.4. The molecule has 110 valence electrons. The average molecular weight is 285 g/mol. The summed E-state index contributed by atoms with van der Waals surface area (Å²) >= 11 is 0. The third kappa shape index (κ3) is 5.03. The summed E-state index contributed by atoms with van der Waals surface area (Å²) in [4.78, 5) is 11.8. The first kappa shape index (κ1) is 15.2. The maximum Gasteiger partial charge on any atom is 0.220 e. The Hall–Kier alpha value is -2.16. The van der Waals surface area contributed by atoms with E-state index in [1.165, 1.54) is 11.6 Å². The van der Waals surface area contributed by atoms with Gasteiger partial charge >= 0.3 is 0 Å². The first-order valence-electron chi connectivity index (χ1n) is 7.21. The van der Waals surface area contributed by atoms with Crippen LogP contribution in [0.2, 0.25) is 0 Å². The summed E-state index contributed by atoms with van der Waals surface area (Å²) < 4.78 is 13.4. The molecular weight excluding hydrogens is 265 g/mol. The molecule has 3 heteroatoms. The molecule has 0 spiro atoms. The molecule has 0 fully saturated rings. The molecule has 0 unspecified atom stereocenters. The van der Waals surface area contributed by atoms with Gasteiger partial charge in [-0.1, -0.05) is 48.0 Å². The Bertz CT molecular complexity index is 592. The van der Waals surface area contributed by atoms with E-state index in [-0.39, 0.29) is 11.7 Å². The Morgan fingerprint density at radius 3 is 2.48 bits per heavy atom. The van der Waals surface area contributed by atoms with E-state index in [4.69, 9.17) is 0 Å². The van der Waals surface area contributed by atoms with Crippen molar-refractivity contribution in [1.82, 2.24) is 5.32 Å². The molecule has 0 aliphatic rings. The number of nitrogens with one attached hydrogen (secondary N) is 1. The lowest BCUT2D eigenvalue weighted by atomic mass is 10.1. The van der Waals surface area contributed by atoms with Gasteiger partial charge in [0.1, 0.15) is 5.82 Å². The number of rotatable bonds is 6. The fourth-order valence-electron chi connectivity index (χ4n) is 2.14. The highest BCUT2D eigenvalue weighted by molar-refractivity contribution is 5.76.